The highest BCUT2D eigenvalue weighted by Gasteiger charge is 2.54. The Labute approximate surface area is 162 Å². The lowest BCUT2D eigenvalue weighted by Gasteiger charge is -2.44. The zero-order valence-corrected chi connectivity index (χ0v) is 15.5. The van der Waals surface area contributed by atoms with Crippen molar-refractivity contribution in [1.82, 2.24) is 4.90 Å². The first-order valence-corrected chi connectivity index (χ1v) is 8.76. The molecule has 1 aliphatic heterocycles. The third-order valence-corrected chi connectivity index (χ3v) is 6.02. The van der Waals surface area contributed by atoms with Gasteiger partial charge in [-0.25, -0.2) is 0 Å². The van der Waals surface area contributed by atoms with Crippen LogP contribution in [0, 0.1) is 45.3 Å². The molecule has 1 aliphatic carbocycles. The Morgan fingerprint density at radius 3 is 2.54 bits per heavy atom. The summed E-state index contributed by atoms with van der Waals surface area (Å²) in [4.78, 5) is 1.97. The zero-order chi connectivity index (χ0) is 19.1. The van der Waals surface area contributed by atoms with Gasteiger partial charge in [-0.3, -0.25) is 0 Å². The van der Waals surface area contributed by atoms with E-state index in [1.165, 1.54) is 0 Å². The average Bonchev–Trinajstić information content (AvgIpc) is 2.64. The first-order valence-electron chi connectivity index (χ1n) is 8.00. The highest BCUT2D eigenvalue weighted by atomic mass is 35.5. The maximum atomic E-state index is 9.96. The van der Waals surface area contributed by atoms with E-state index >= 15 is 0 Å². The minimum Gasteiger partial charge on any atom is -0.399 e. The Kier molecular flexibility index (Phi) is 4.59. The smallest absolute Gasteiger partial charge is 0.191 e. The lowest BCUT2D eigenvalue weighted by molar-refractivity contribution is 0.275. The molecule has 1 aromatic rings. The Morgan fingerprint density at radius 1 is 1.23 bits per heavy atom. The third kappa shape index (κ3) is 2.43. The molecule has 0 radical (unpaired) electrons. The number of hydrogen-bond donors (Lipinski definition) is 1. The summed E-state index contributed by atoms with van der Waals surface area (Å²) in [6, 6.07) is 11.4. The molecule has 0 spiro atoms. The molecule has 0 unspecified atom stereocenters. The normalized spacial score (nSPS) is 24.0. The predicted octanol–water partition coefficient (Wildman–Crippen LogP) is 3.70. The van der Waals surface area contributed by atoms with Crippen molar-refractivity contribution in [3.8, 4) is 18.2 Å². The van der Waals surface area contributed by atoms with Gasteiger partial charge in [0.15, 0.2) is 5.41 Å². The van der Waals surface area contributed by atoms with E-state index in [4.69, 9.17) is 28.9 Å². The Hall–Kier alpha value is -2.65. The van der Waals surface area contributed by atoms with Crippen molar-refractivity contribution < 1.29 is 0 Å². The largest absolute Gasteiger partial charge is 0.399 e. The van der Waals surface area contributed by atoms with Gasteiger partial charge in [0.2, 0.25) is 0 Å². The van der Waals surface area contributed by atoms with Gasteiger partial charge >= 0.3 is 0 Å². The van der Waals surface area contributed by atoms with Crippen LogP contribution in [0.25, 0.3) is 0 Å². The Balaban J connectivity index is 2.39. The number of benzene rings is 1. The van der Waals surface area contributed by atoms with Crippen molar-refractivity contribution in [2.24, 2.45) is 17.1 Å². The molecule has 0 aromatic heterocycles. The molecule has 5 nitrogen and oxygen atoms in total. The second-order valence-corrected chi connectivity index (χ2v) is 7.30. The van der Waals surface area contributed by atoms with E-state index < -0.39 is 11.3 Å². The topological polar surface area (TPSA) is 101 Å². The summed E-state index contributed by atoms with van der Waals surface area (Å²) in [6.45, 7) is 0.731. The van der Waals surface area contributed by atoms with Crippen LogP contribution in [-0.2, 0) is 0 Å². The van der Waals surface area contributed by atoms with Crippen LogP contribution >= 0.6 is 23.2 Å². The molecule has 0 bridgehead atoms. The summed E-state index contributed by atoms with van der Waals surface area (Å²) in [5.74, 6) is -0.843. The molecule has 2 aliphatic rings. The molecule has 0 saturated carbocycles. The first-order chi connectivity index (χ1) is 12.4. The molecule has 1 heterocycles. The van der Waals surface area contributed by atoms with Gasteiger partial charge in [-0.2, -0.15) is 15.8 Å². The van der Waals surface area contributed by atoms with Gasteiger partial charge in [0.25, 0.3) is 0 Å². The molecule has 3 rings (SSSR count). The molecule has 26 heavy (non-hydrogen) atoms. The molecule has 7 heteroatoms. The van der Waals surface area contributed by atoms with Gasteiger partial charge in [-0.15, -0.1) is 0 Å². The van der Waals surface area contributed by atoms with Crippen LogP contribution in [0.1, 0.15) is 17.9 Å². The van der Waals surface area contributed by atoms with Gasteiger partial charge in [-0.1, -0.05) is 35.3 Å². The van der Waals surface area contributed by atoms with Crippen LogP contribution in [0.5, 0.6) is 0 Å². The summed E-state index contributed by atoms with van der Waals surface area (Å²) in [5.41, 5.74) is 6.07. The van der Waals surface area contributed by atoms with Crippen LogP contribution in [0.2, 0.25) is 10.0 Å². The van der Waals surface area contributed by atoms with Crippen LogP contribution in [0.15, 0.2) is 41.2 Å². The first kappa shape index (κ1) is 18.2. The van der Waals surface area contributed by atoms with E-state index in [2.05, 4.69) is 18.2 Å². The van der Waals surface area contributed by atoms with Gasteiger partial charge in [0.05, 0.1) is 33.5 Å². The maximum Gasteiger partial charge on any atom is 0.191 e. The predicted molar refractivity (Wildman–Crippen MR) is 98.5 cm³/mol. The number of allylic oxidation sites excluding steroid dienone is 3. The van der Waals surface area contributed by atoms with Crippen molar-refractivity contribution >= 4 is 23.2 Å². The van der Waals surface area contributed by atoms with Gasteiger partial charge in [0, 0.05) is 25.7 Å². The van der Waals surface area contributed by atoms with Crippen LogP contribution < -0.4 is 5.73 Å². The fourth-order valence-electron chi connectivity index (χ4n) is 3.93. The van der Waals surface area contributed by atoms with E-state index in [0.717, 1.165) is 12.1 Å². The van der Waals surface area contributed by atoms with Gasteiger partial charge < -0.3 is 10.6 Å². The summed E-state index contributed by atoms with van der Waals surface area (Å²) < 4.78 is 0. The molecular weight excluding hydrogens is 369 g/mol. The average molecular weight is 384 g/mol. The molecule has 0 amide bonds. The van der Waals surface area contributed by atoms with Crippen molar-refractivity contribution in [2.75, 3.05) is 13.6 Å². The quantitative estimate of drug-likeness (QED) is 0.796. The molecule has 0 saturated heterocycles. The standard InChI is InChI=1S/C19H15Cl2N5/c1-26-6-5-11-14(8-26)13(7-22)18(25)19(9-23,10-24)16(11)12-3-2-4-15(20)17(12)21/h2-4,8,11,16H,5-6,25H2,1H3/t11-,16-/m0/s1. The molecular formula is C19H15Cl2N5. The van der Waals surface area contributed by atoms with Crippen molar-refractivity contribution in [1.29, 1.82) is 15.8 Å². The summed E-state index contributed by atoms with van der Waals surface area (Å²) >= 11 is 12.6. The molecule has 2 atom stereocenters. The summed E-state index contributed by atoms with van der Waals surface area (Å²) in [7, 11) is 1.91. The molecule has 2 N–H and O–H groups in total. The lowest BCUT2D eigenvalue weighted by atomic mass is 9.57. The highest BCUT2D eigenvalue weighted by molar-refractivity contribution is 6.42. The lowest BCUT2D eigenvalue weighted by Crippen LogP contribution is -2.44. The van der Waals surface area contributed by atoms with Crippen LogP contribution in [0.4, 0.5) is 0 Å². The second-order valence-electron chi connectivity index (χ2n) is 6.51. The SMILES string of the molecule is CN1C=C2C(C#N)=C(N)C(C#N)(C#N)[C@H](c3cccc(Cl)c3Cl)[C@H]2CC1. The van der Waals surface area contributed by atoms with Crippen LogP contribution in [-0.4, -0.2) is 18.5 Å². The summed E-state index contributed by atoms with van der Waals surface area (Å²) in [5, 5.41) is 30.2. The van der Waals surface area contributed by atoms with E-state index in [9.17, 15) is 15.8 Å². The molecule has 130 valence electrons. The maximum absolute atomic E-state index is 9.96. The number of nitrogens with zero attached hydrogens (tertiary/aromatic N) is 4. The number of nitriles is 3. The number of halogens is 2. The molecule has 0 fully saturated rings. The van der Waals surface area contributed by atoms with Crippen molar-refractivity contribution in [3.05, 3.63) is 56.9 Å². The monoisotopic (exact) mass is 383 g/mol. The number of hydrogen-bond acceptors (Lipinski definition) is 5. The highest BCUT2D eigenvalue weighted by Crippen LogP contribution is 2.56. The van der Waals surface area contributed by atoms with Gasteiger partial charge in [-0.05, 0) is 29.5 Å². The van der Waals surface area contributed by atoms with E-state index in [1.54, 1.807) is 18.2 Å². The van der Waals surface area contributed by atoms with E-state index in [0.29, 0.717) is 22.0 Å². The Bertz CT molecular complexity index is 944. The van der Waals surface area contributed by atoms with E-state index in [1.807, 2.05) is 18.1 Å². The fourth-order valence-corrected chi connectivity index (χ4v) is 4.36. The third-order valence-electron chi connectivity index (χ3n) is 5.18. The molecule has 1 aromatic carbocycles. The van der Waals surface area contributed by atoms with E-state index in [-0.39, 0.29) is 17.2 Å². The van der Waals surface area contributed by atoms with Crippen LogP contribution in [0.3, 0.4) is 0 Å². The zero-order valence-electron chi connectivity index (χ0n) is 14.0. The minimum atomic E-state index is -1.68. The minimum absolute atomic E-state index is 0.0242. The number of nitrogens with two attached hydrogens (primary N) is 1. The Morgan fingerprint density at radius 2 is 1.92 bits per heavy atom. The fraction of sp³-hybridized carbons (Fsp3) is 0.316. The van der Waals surface area contributed by atoms with Gasteiger partial charge in [0.1, 0.15) is 6.07 Å². The number of rotatable bonds is 1. The number of fused-ring (bicyclic) bond motifs is 1. The van der Waals surface area contributed by atoms with Crippen molar-refractivity contribution in [3.63, 3.8) is 0 Å². The van der Waals surface area contributed by atoms with Crippen molar-refractivity contribution in [2.45, 2.75) is 12.3 Å². The summed E-state index contributed by atoms with van der Waals surface area (Å²) in [6.07, 6.45) is 2.53. The second kappa shape index (κ2) is 6.58.